The van der Waals surface area contributed by atoms with E-state index in [1.807, 2.05) is 57.4 Å². The quantitative estimate of drug-likeness (QED) is 0.440. The number of benzene rings is 2. The lowest BCUT2D eigenvalue weighted by atomic mass is 9.94. The van der Waals surface area contributed by atoms with Crippen molar-refractivity contribution < 1.29 is 9.53 Å². The molecule has 5 heteroatoms. The smallest absolute Gasteiger partial charge is 0.258 e. The summed E-state index contributed by atoms with van der Waals surface area (Å²) in [5.74, 6) is 0. The van der Waals surface area contributed by atoms with Crippen LogP contribution in [0.2, 0.25) is 0 Å². The van der Waals surface area contributed by atoms with E-state index in [0.717, 1.165) is 33.3 Å². The number of carbonyl (C=O) groups is 1. The molecule has 1 heterocycles. The molecular weight excluding hydrogens is 370 g/mol. The summed E-state index contributed by atoms with van der Waals surface area (Å²) < 4.78 is 7.43. The third kappa shape index (κ3) is 3.77. The van der Waals surface area contributed by atoms with E-state index in [1.54, 1.807) is 23.4 Å². The van der Waals surface area contributed by atoms with E-state index < -0.39 is 6.10 Å². The van der Waals surface area contributed by atoms with E-state index in [2.05, 4.69) is 12.1 Å². The summed E-state index contributed by atoms with van der Waals surface area (Å²) in [6, 6.07) is 14.0. The van der Waals surface area contributed by atoms with Gasteiger partial charge in [0.05, 0.1) is 11.8 Å². The number of fused-ring (bicyclic) bond motifs is 1. The van der Waals surface area contributed by atoms with Gasteiger partial charge in [0, 0.05) is 22.9 Å². The van der Waals surface area contributed by atoms with Gasteiger partial charge in [0.25, 0.3) is 5.56 Å². The van der Waals surface area contributed by atoms with Crippen LogP contribution in [-0.2, 0) is 16.6 Å². The molecule has 1 unspecified atom stereocenters. The van der Waals surface area contributed by atoms with Gasteiger partial charge in [0.15, 0.2) is 12.4 Å². The lowest BCUT2D eigenvalue weighted by Crippen LogP contribution is -2.26. The first kappa shape index (κ1) is 20.4. The molecule has 2 aromatic carbocycles. The summed E-state index contributed by atoms with van der Waals surface area (Å²) in [5.41, 5.74) is 3.34. The second-order valence-corrected chi connectivity index (χ2v) is 8.02. The normalized spacial score (nSPS) is 12.5. The molecule has 3 aromatic rings. The van der Waals surface area contributed by atoms with Gasteiger partial charge in [-0.1, -0.05) is 29.8 Å². The summed E-state index contributed by atoms with van der Waals surface area (Å²) >= 11 is 1.67. The van der Waals surface area contributed by atoms with Gasteiger partial charge in [-0.15, -0.1) is 11.8 Å². The van der Waals surface area contributed by atoms with Crippen molar-refractivity contribution in [1.29, 1.82) is 0 Å². The fourth-order valence-corrected chi connectivity index (χ4v) is 3.90. The van der Waals surface area contributed by atoms with E-state index in [0.29, 0.717) is 11.1 Å². The van der Waals surface area contributed by atoms with Crippen LogP contribution >= 0.6 is 11.8 Å². The topological polar surface area (TPSA) is 48.3 Å². The highest BCUT2D eigenvalue weighted by Gasteiger charge is 2.24. The zero-order valence-electron chi connectivity index (χ0n) is 16.9. The number of aromatic nitrogens is 1. The van der Waals surface area contributed by atoms with Crippen LogP contribution in [0.25, 0.3) is 21.9 Å². The number of hydrogen-bond donors (Lipinski definition) is 0. The SMILES string of the molecule is CSc1ccc(-c2c(C(C=O)OC(C)C)n(C)c(=O)c3ccc(C)cc23)cc1. The summed E-state index contributed by atoms with van der Waals surface area (Å²) in [6.45, 7) is 5.76. The molecule has 146 valence electrons. The minimum absolute atomic E-state index is 0.131. The largest absolute Gasteiger partial charge is 0.362 e. The third-order valence-corrected chi connectivity index (χ3v) is 5.53. The molecule has 0 aliphatic rings. The Morgan fingerprint density at radius 3 is 2.32 bits per heavy atom. The highest BCUT2D eigenvalue weighted by Crippen LogP contribution is 2.36. The molecule has 0 N–H and O–H groups in total. The number of aldehydes is 1. The predicted molar refractivity (Wildman–Crippen MR) is 116 cm³/mol. The van der Waals surface area contributed by atoms with Crippen LogP contribution in [0.4, 0.5) is 0 Å². The maximum atomic E-state index is 13.0. The van der Waals surface area contributed by atoms with Gasteiger partial charge in [-0.05, 0) is 56.2 Å². The molecule has 1 aromatic heterocycles. The third-order valence-electron chi connectivity index (χ3n) is 4.79. The molecule has 0 radical (unpaired) electrons. The summed E-state index contributed by atoms with van der Waals surface area (Å²) in [6.07, 6.45) is 1.84. The lowest BCUT2D eigenvalue weighted by molar-refractivity contribution is -0.121. The van der Waals surface area contributed by atoms with Crippen LogP contribution in [0.15, 0.2) is 52.2 Å². The molecular formula is C23H25NO3S. The van der Waals surface area contributed by atoms with Crippen LogP contribution < -0.4 is 5.56 Å². The van der Waals surface area contributed by atoms with E-state index >= 15 is 0 Å². The minimum Gasteiger partial charge on any atom is -0.362 e. The fraction of sp³-hybridized carbons (Fsp3) is 0.304. The summed E-state index contributed by atoms with van der Waals surface area (Å²) in [5, 5.41) is 1.48. The molecule has 3 rings (SSSR count). The van der Waals surface area contributed by atoms with Gasteiger partial charge in [-0.25, -0.2) is 0 Å². The van der Waals surface area contributed by atoms with Gasteiger partial charge >= 0.3 is 0 Å². The highest BCUT2D eigenvalue weighted by molar-refractivity contribution is 7.98. The van der Waals surface area contributed by atoms with Crippen molar-refractivity contribution in [2.75, 3.05) is 6.26 Å². The van der Waals surface area contributed by atoms with Crippen LogP contribution in [0.5, 0.6) is 0 Å². The number of thioether (sulfide) groups is 1. The lowest BCUT2D eigenvalue weighted by Gasteiger charge is -2.23. The average Bonchev–Trinajstić information content (AvgIpc) is 2.68. The van der Waals surface area contributed by atoms with Crippen LogP contribution in [0.3, 0.4) is 0 Å². The molecule has 0 spiro atoms. The Labute approximate surface area is 169 Å². The monoisotopic (exact) mass is 395 g/mol. The number of aryl methyl sites for hydroxylation is 1. The molecule has 0 amide bonds. The first-order chi connectivity index (χ1) is 13.4. The highest BCUT2D eigenvalue weighted by atomic mass is 32.2. The van der Waals surface area contributed by atoms with Crippen molar-refractivity contribution in [2.24, 2.45) is 7.05 Å². The zero-order chi connectivity index (χ0) is 20.4. The Morgan fingerprint density at radius 1 is 1.07 bits per heavy atom. The minimum atomic E-state index is -0.821. The molecule has 4 nitrogen and oxygen atoms in total. The first-order valence-corrected chi connectivity index (χ1v) is 10.5. The number of pyridine rings is 1. The Bertz CT molecular complexity index is 1070. The number of rotatable bonds is 6. The zero-order valence-corrected chi connectivity index (χ0v) is 17.7. The number of ether oxygens (including phenoxy) is 1. The molecule has 0 fully saturated rings. The predicted octanol–water partition coefficient (Wildman–Crippen LogP) is 4.90. The van der Waals surface area contributed by atoms with Gasteiger partial charge in [-0.3, -0.25) is 4.79 Å². The standard InChI is InChI=1S/C23H25NO3S/c1-14(2)27-20(13-25)22-21(16-7-9-17(28-5)10-8-16)19-12-15(3)6-11-18(19)23(26)24(22)4/h6-14,20H,1-5H3. The second-order valence-electron chi connectivity index (χ2n) is 7.14. The molecule has 0 saturated carbocycles. The van der Waals surface area contributed by atoms with E-state index in [-0.39, 0.29) is 11.7 Å². The summed E-state index contributed by atoms with van der Waals surface area (Å²) in [7, 11) is 1.71. The van der Waals surface area contributed by atoms with Gasteiger partial charge < -0.3 is 14.1 Å². The second kappa shape index (κ2) is 8.33. The Morgan fingerprint density at radius 2 is 1.75 bits per heavy atom. The molecule has 0 aliphatic carbocycles. The Kier molecular flexibility index (Phi) is 6.06. The molecule has 0 saturated heterocycles. The number of carbonyl (C=O) groups excluding carboxylic acids is 1. The van der Waals surface area contributed by atoms with E-state index in [4.69, 9.17) is 4.74 Å². The van der Waals surface area contributed by atoms with Gasteiger partial charge in [-0.2, -0.15) is 0 Å². The van der Waals surface area contributed by atoms with Gasteiger partial charge in [0.2, 0.25) is 0 Å². The first-order valence-electron chi connectivity index (χ1n) is 9.25. The van der Waals surface area contributed by atoms with Crippen molar-refractivity contribution in [1.82, 2.24) is 4.57 Å². The Balaban J connectivity index is 2.43. The van der Waals surface area contributed by atoms with E-state index in [9.17, 15) is 9.59 Å². The van der Waals surface area contributed by atoms with Gasteiger partial charge in [0.1, 0.15) is 0 Å². The van der Waals surface area contributed by atoms with Crippen molar-refractivity contribution >= 4 is 28.8 Å². The van der Waals surface area contributed by atoms with Crippen molar-refractivity contribution in [3.8, 4) is 11.1 Å². The van der Waals surface area contributed by atoms with Crippen LogP contribution in [0, 0.1) is 6.92 Å². The fourth-order valence-electron chi connectivity index (χ4n) is 3.50. The Hall–Kier alpha value is -2.37. The molecule has 28 heavy (non-hydrogen) atoms. The average molecular weight is 396 g/mol. The van der Waals surface area contributed by atoms with Crippen molar-refractivity contribution in [3.05, 3.63) is 64.1 Å². The van der Waals surface area contributed by atoms with Crippen LogP contribution in [-0.4, -0.2) is 23.2 Å². The number of nitrogens with zero attached hydrogens (tertiary/aromatic N) is 1. The van der Waals surface area contributed by atoms with Crippen molar-refractivity contribution in [2.45, 2.75) is 37.9 Å². The molecule has 0 aliphatic heterocycles. The van der Waals surface area contributed by atoms with E-state index in [1.165, 1.54) is 0 Å². The maximum Gasteiger partial charge on any atom is 0.258 e. The number of hydrogen-bond acceptors (Lipinski definition) is 4. The molecule has 0 bridgehead atoms. The van der Waals surface area contributed by atoms with Crippen LogP contribution in [0.1, 0.15) is 31.2 Å². The van der Waals surface area contributed by atoms with Crippen molar-refractivity contribution in [3.63, 3.8) is 0 Å². The molecule has 1 atom stereocenters. The maximum absolute atomic E-state index is 13.0. The summed E-state index contributed by atoms with van der Waals surface area (Å²) in [4.78, 5) is 26.1.